The van der Waals surface area contributed by atoms with Crippen LogP contribution in [0.15, 0.2) is 18.2 Å². The molecule has 1 rings (SSSR count). The van der Waals surface area contributed by atoms with E-state index in [4.69, 9.17) is 0 Å². The fraction of sp³-hybridized carbons (Fsp3) is 0.333. The number of benzene rings is 1. The second-order valence-electron chi connectivity index (χ2n) is 2.69. The van der Waals surface area contributed by atoms with Crippen molar-refractivity contribution in [2.24, 2.45) is 0 Å². The van der Waals surface area contributed by atoms with Crippen molar-refractivity contribution >= 4 is 28.3 Å². The SMILES string of the molecule is Fc1cc(NCCOC(F)F)ccc1I. The highest BCUT2D eigenvalue weighted by atomic mass is 127. The summed E-state index contributed by atoms with van der Waals surface area (Å²) < 4.78 is 40.7. The minimum Gasteiger partial charge on any atom is -0.383 e. The number of hydrogen-bond donors (Lipinski definition) is 1. The molecule has 0 bridgehead atoms. The van der Waals surface area contributed by atoms with Gasteiger partial charge in [-0.25, -0.2) is 4.39 Å². The normalized spacial score (nSPS) is 10.7. The highest BCUT2D eigenvalue weighted by Crippen LogP contribution is 2.15. The molecule has 84 valence electrons. The Balaban J connectivity index is 2.35. The molecule has 1 aromatic carbocycles. The zero-order valence-corrected chi connectivity index (χ0v) is 9.80. The smallest absolute Gasteiger partial charge is 0.345 e. The lowest BCUT2D eigenvalue weighted by Crippen LogP contribution is -2.12. The summed E-state index contributed by atoms with van der Waals surface area (Å²) in [4.78, 5) is 0. The molecule has 0 amide bonds. The van der Waals surface area contributed by atoms with E-state index in [-0.39, 0.29) is 19.0 Å². The molecule has 0 atom stereocenters. The van der Waals surface area contributed by atoms with Crippen LogP contribution in [-0.4, -0.2) is 19.8 Å². The van der Waals surface area contributed by atoms with Gasteiger partial charge in [-0.1, -0.05) is 0 Å². The first-order chi connectivity index (χ1) is 7.09. The first kappa shape index (κ1) is 12.6. The third-order valence-corrected chi connectivity index (χ3v) is 2.47. The largest absolute Gasteiger partial charge is 0.383 e. The van der Waals surface area contributed by atoms with Crippen LogP contribution >= 0.6 is 22.6 Å². The van der Waals surface area contributed by atoms with E-state index in [9.17, 15) is 13.2 Å². The van der Waals surface area contributed by atoms with Crippen LogP contribution in [0.25, 0.3) is 0 Å². The minimum absolute atomic E-state index is 0.120. The van der Waals surface area contributed by atoms with Gasteiger partial charge in [-0.3, -0.25) is 0 Å². The van der Waals surface area contributed by atoms with Gasteiger partial charge < -0.3 is 10.1 Å². The number of nitrogens with one attached hydrogen (secondary N) is 1. The Morgan fingerprint density at radius 2 is 2.13 bits per heavy atom. The number of hydrogen-bond acceptors (Lipinski definition) is 2. The van der Waals surface area contributed by atoms with Crippen molar-refractivity contribution in [3.63, 3.8) is 0 Å². The lowest BCUT2D eigenvalue weighted by Gasteiger charge is -2.07. The van der Waals surface area contributed by atoms with E-state index in [2.05, 4.69) is 10.1 Å². The van der Waals surface area contributed by atoms with Crippen LogP contribution in [0, 0.1) is 9.39 Å². The van der Waals surface area contributed by atoms with Crippen LogP contribution in [0.1, 0.15) is 0 Å². The molecule has 0 saturated carbocycles. The molecule has 0 unspecified atom stereocenters. The fourth-order valence-corrected chi connectivity index (χ4v) is 1.28. The van der Waals surface area contributed by atoms with E-state index in [0.717, 1.165) is 0 Å². The van der Waals surface area contributed by atoms with Gasteiger partial charge in [-0.05, 0) is 40.8 Å². The summed E-state index contributed by atoms with van der Waals surface area (Å²) in [5, 5.41) is 2.77. The van der Waals surface area contributed by atoms with Gasteiger partial charge in [0.15, 0.2) is 0 Å². The van der Waals surface area contributed by atoms with Crippen LogP contribution in [0.4, 0.5) is 18.9 Å². The molecule has 0 aliphatic heterocycles. The zero-order valence-electron chi connectivity index (χ0n) is 7.64. The second kappa shape index (κ2) is 6.16. The summed E-state index contributed by atoms with van der Waals surface area (Å²) in [5.74, 6) is -0.338. The number of anilines is 1. The molecule has 0 aromatic heterocycles. The highest BCUT2D eigenvalue weighted by molar-refractivity contribution is 14.1. The standard InChI is InChI=1S/C9H9F3INO/c10-7-5-6(1-2-8(7)13)14-3-4-15-9(11)12/h1-2,5,9,14H,3-4H2. The van der Waals surface area contributed by atoms with Crippen LogP contribution in [0.3, 0.4) is 0 Å². The van der Waals surface area contributed by atoms with Crippen molar-refractivity contribution in [3.8, 4) is 0 Å². The maximum Gasteiger partial charge on any atom is 0.345 e. The Labute approximate surface area is 98.9 Å². The molecular weight excluding hydrogens is 322 g/mol. The Morgan fingerprint density at radius 1 is 1.40 bits per heavy atom. The van der Waals surface area contributed by atoms with Gasteiger partial charge in [0.25, 0.3) is 0 Å². The van der Waals surface area contributed by atoms with Crippen molar-refractivity contribution in [2.45, 2.75) is 6.61 Å². The summed E-state index contributed by atoms with van der Waals surface area (Å²) >= 11 is 1.87. The van der Waals surface area contributed by atoms with Crippen molar-refractivity contribution in [1.82, 2.24) is 0 Å². The predicted molar refractivity (Wildman–Crippen MR) is 59.6 cm³/mol. The average molecular weight is 331 g/mol. The van der Waals surface area contributed by atoms with Gasteiger partial charge in [0, 0.05) is 15.8 Å². The third kappa shape index (κ3) is 4.70. The second-order valence-corrected chi connectivity index (χ2v) is 3.85. The molecule has 0 aliphatic rings. The molecule has 0 heterocycles. The van der Waals surface area contributed by atoms with Crippen molar-refractivity contribution in [3.05, 3.63) is 27.6 Å². The molecule has 15 heavy (non-hydrogen) atoms. The average Bonchev–Trinajstić information content (AvgIpc) is 2.18. The van der Waals surface area contributed by atoms with Gasteiger partial charge in [0.1, 0.15) is 5.82 Å². The number of rotatable bonds is 5. The molecule has 1 N–H and O–H groups in total. The van der Waals surface area contributed by atoms with Gasteiger partial charge in [0.05, 0.1) is 6.61 Å². The first-order valence-corrected chi connectivity index (χ1v) is 5.26. The first-order valence-electron chi connectivity index (χ1n) is 4.18. The van der Waals surface area contributed by atoms with E-state index in [1.165, 1.54) is 6.07 Å². The lowest BCUT2D eigenvalue weighted by atomic mass is 10.3. The molecule has 6 heteroatoms. The Bertz CT molecular complexity index is 322. The predicted octanol–water partition coefficient (Wildman–Crippen LogP) is 3.08. The Kier molecular flexibility index (Phi) is 5.16. The van der Waals surface area contributed by atoms with Crippen LogP contribution < -0.4 is 5.32 Å². The van der Waals surface area contributed by atoms with Gasteiger partial charge in [-0.2, -0.15) is 8.78 Å². The van der Waals surface area contributed by atoms with Crippen LogP contribution in [0.5, 0.6) is 0 Å². The van der Waals surface area contributed by atoms with Gasteiger partial charge in [0.2, 0.25) is 0 Å². The molecule has 0 radical (unpaired) electrons. The molecular formula is C9H9F3INO. The molecule has 0 spiro atoms. The van der Waals surface area contributed by atoms with Crippen molar-refractivity contribution < 1.29 is 17.9 Å². The van der Waals surface area contributed by atoms with E-state index in [0.29, 0.717) is 9.26 Å². The van der Waals surface area contributed by atoms with E-state index in [1.807, 2.05) is 22.6 Å². The lowest BCUT2D eigenvalue weighted by molar-refractivity contribution is -0.125. The van der Waals surface area contributed by atoms with Crippen LogP contribution in [0.2, 0.25) is 0 Å². The van der Waals surface area contributed by atoms with Crippen molar-refractivity contribution in [1.29, 1.82) is 0 Å². The molecule has 0 aliphatic carbocycles. The summed E-state index contributed by atoms with van der Waals surface area (Å²) in [6, 6.07) is 4.59. The third-order valence-electron chi connectivity index (χ3n) is 1.59. The van der Waals surface area contributed by atoms with Crippen LogP contribution in [-0.2, 0) is 4.74 Å². The number of halogens is 4. The molecule has 0 saturated heterocycles. The van der Waals surface area contributed by atoms with E-state index in [1.54, 1.807) is 12.1 Å². The quantitative estimate of drug-likeness (QED) is 0.661. The number of ether oxygens (including phenoxy) is 1. The zero-order chi connectivity index (χ0) is 11.3. The Morgan fingerprint density at radius 3 is 2.73 bits per heavy atom. The topological polar surface area (TPSA) is 21.3 Å². The van der Waals surface area contributed by atoms with Gasteiger partial charge >= 0.3 is 6.61 Å². The molecule has 1 aromatic rings. The summed E-state index contributed by atoms with van der Waals surface area (Å²) in [6.45, 7) is -2.67. The fourth-order valence-electron chi connectivity index (χ4n) is 0.949. The maximum atomic E-state index is 13.0. The van der Waals surface area contributed by atoms with Crippen molar-refractivity contribution in [2.75, 3.05) is 18.5 Å². The molecule has 2 nitrogen and oxygen atoms in total. The Hall–Kier alpha value is -0.500. The number of alkyl halides is 2. The minimum atomic E-state index is -2.76. The maximum absolute atomic E-state index is 13.0. The van der Waals surface area contributed by atoms with E-state index >= 15 is 0 Å². The summed E-state index contributed by atoms with van der Waals surface area (Å²) in [6.07, 6.45) is 0. The monoisotopic (exact) mass is 331 g/mol. The van der Waals surface area contributed by atoms with Gasteiger partial charge in [-0.15, -0.1) is 0 Å². The highest BCUT2D eigenvalue weighted by Gasteiger charge is 2.02. The molecule has 0 fully saturated rings. The summed E-state index contributed by atoms with van der Waals surface area (Å²) in [5.41, 5.74) is 0.547. The van der Waals surface area contributed by atoms with E-state index < -0.39 is 6.61 Å². The summed E-state index contributed by atoms with van der Waals surface area (Å²) in [7, 11) is 0.